The van der Waals surface area contributed by atoms with Crippen molar-refractivity contribution < 1.29 is 31.9 Å². The number of carbonyl (C=O) groups is 2. The molecular formula is C22H28N2O7S. The number of furan rings is 1. The number of carbonyl (C=O) groups excluding carboxylic acids is 2. The summed E-state index contributed by atoms with van der Waals surface area (Å²) in [5.41, 5.74) is 0.0284. The van der Waals surface area contributed by atoms with Gasteiger partial charge in [0.15, 0.2) is 6.61 Å². The van der Waals surface area contributed by atoms with Gasteiger partial charge in [0, 0.05) is 20.1 Å². The first-order valence-electron chi connectivity index (χ1n) is 10.4. The molecule has 0 bridgehead atoms. The van der Waals surface area contributed by atoms with Crippen LogP contribution in [0.25, 0.3) is 0 Å². The first-order valence-corrected chi connectivity index (χ1v) is 11.9. The number of hydrogen-bond donors (Lipinski definition) is 0. The highest BCUT2D eigenvalue weighted by atomic mass is 32.2. The number of nitrogens with zero attached hydrogens (tertiary/aromatic N) is 2. The predicted octanol–water partition coefficient (Wildman–Crippen LogP) is 2.67. The van der Waals surface area contributed by atoms with Gasteiger partial charge in [-0.15, -0.1) is 0 Å². The molecule has 0 radical (unpaired) electrons. The fraction of sp³-hybridized carbons (Fsp3) is 0.455. The summed E-state index contributed by atoms with van der Waals surface area (Å²) >= 11 is 0. The Hall–Kier alpha value is -2.85. The van der Waals surface area contributed by atoms with Crippen molar-refractivity contribution in [2.45, 2.75) is 37.1 Å². The second-order valence-corrected chi connectivity index (χ2v) is 9.50. The van der Waals surface area contributed by atoms with Gasteiger partial charge in [-0.3, -0.25) is 4.79 Å². The maximum Gasteiger partial charge on any atom is 0.338 e. The second-order valence-electron chi connectivity index (χ2n) is 7.59. The van der Waals surface area contributed by atoms with Crippen LogP contribution in [-0.4, -0.2) is 63.4 Å². The highest BCUT2D eigenvalue weighted by Gasteiger charge is 2.29. The van der Waals surface area contributed by atoms with Crippen LogP contribution in [0.1, 0.15) is 41.8 Å². The molecule has 3 rings (SSSR count). The molecule has 10 heteroatoms. The fourth-order valence-electron chi connectivity index (χ4n) is 3.47. The van der Waals surface area contributed by atoms with E-state index in [4.69, 9.17) is 13.9 Å². The third-order valence-corrected chi connectivity index (χ3v) is 7.23. The molecule has 1 amide bonds. The highest BCUT2D eigenvalue weighted by Crippen LogP contribution is 2.29. The van der Waals surface area contributed by atoms with E-state index in [2.05, 4.69) is 0 Å². The molecule has 1 aromatic heterocycles. The van der Waals surface area contributed by atoms with Crippen molar-refractivity contribution in [3.8, 4) is 5.75 Å². The SMILES string of the molecule is COc1ccc(C(=O)OCC(=O)N(C)Cc2ccco2)cc1S(=O)(=O)N1CCCCCC1. The lowest BCUT2D eigenvalue weighted by Crippen LogP contribution is -2.32. The average Bonchev–Trinajstić information content (AvgIpc) is 3.14. The van der Waals surface area contributed by atoms with E-state index in [9.17, 15) is 18.0 Å². The van der Waals surface area contributed by atoms with Crippen LogP contribution in [0, 0.1) is 0 Å². The second kappa shape index (κ2) is 10.6. The van der Waals surface area contributed by atoms with Crippen LogP contribution in [0.3, 0.4) is 0 Å². The van der Waals surface area contributed by atoms with Crippen LogP contribution in [0.4, 0.5) is 0 Å². The smallest absolute Gasteiger partial charge is 0.338 e. The third kappa shape index (κ3) is 5.68. The lowest BCUT2D eigenvalue weighted by Gasteiger charge is -2.21. The van der Waals surface area contributed by atoms with E-state index in [1.165, 1.54) is 40.8 Å². The predicted molar refractivity (Wildman–Crippen MR) is 116 cm³/mol. The van der Waals surface area contributed by atoms with Crippen molar-refractivity contribution >= 4 is 21.9 Å². The van der Waals surface area contributed by atoms with Crippen LogP contribution in [0.5, 0.6) is 5.75 Å². The van der Waals surface area contributed by atoms with Crippen molar-refractivity contribution in [1.82, 2.24) is 9.21 Å². The van der Waals surface area contributed by atoms with Gasteiger partial charge in [0.1, 0.15) is 16.4 Å². The zero-order valence-electron chi connectivity index (χ0n) is 18.3. The number of benzene rings is 1. The van der Waals surface area contributed by atoms with E-state index < -0.39 is 28.5 Å². The van der Waals surface area contributed by atoms with E-state index in [1.54, 1.807) is 19.2 Å². The first-order chi connectivity index (χ1) is 15.3. The normalized spacial score (nSPS) is 15.1. The van der Waals surface area contributed by atoms with Gasteiger partial charge in [-0.2, -0.15) is 4.31 Å². The number of hydrogen-bond acceptors (Lipinski definition) is 7. The van der Waals surface area contributed by atoms with Gasteiger partial charge in [-0.05, 0) is 43.2 Å². The Labute approximate surface area is 187 Å². The van der Waals surface area contributed by atoms with Gasteiger partial charge in [0.25, 0.3) is 5.91 Å². The van der Waals surface area contributed by atoms with Gasteiger partial charge in [0.2, 0.25) is 10.0 Å². The molecule has 0 atom stereocenters. The third-order valence-electron chi connectivity index (χ3n) is 5.31. The van der Waals surface area contributed by atoms with Crippen LogP contribution in [0.2, 0.25) is 0 Å². The minimum atomic E-state index is -3.84. The minimum absolute atomic E-state index is 0.0284. The first kappa shape index (κ1) is 23.8. The van der Waals surface area contributed by atoms with Crippen molar-refractivity contribution in [1.29, 1.82) is 0 Å². The largest absolute Gasteiger partial charge is 0.495 e. The maximum absolute atomic E-state index is 13.2. The summed E-state index contributed by atoms with van der Waals surface area (Å²) in [7, 11) is -0.898. The molecule has 1 fully saturated rings. The Balaban J connectivity index is 1.71. The summed E-state index contributed by atoms with van der Waals surface area (Å²) in [6.45, 7) is 0.619. The fourth-order valence-corrected chi connectivity index (χ4v) is 5.17. The van der Waals surface area contributed by atoms with Crippen molar-refractivity contribution in [2.24, 2.45) is 0 Å². The summed E-state index contributed by atoms with van der Waals surface area (Å²) in [5, 5.41) is 0. The number of methoxy groups -OCH3 is 1. The summed E-state index contributed by atoms with van der Waals surface area (Å²) < 4.78 is 43.4. The standard InChI is InChI=1S/C22H28N2O7S/c1-23(15-18-8-7-13-30-18)21(25)16-31-22(26)17-9-10-19(29-2)20(14-17)32(27,28)24-11-5-3-4-6-12-24/h7-10,13-14H,3-6,11-12,15-16H2,1-2H3. The maximum atomic E-state index is 13.2. The zero-order chi connectivity index (χ0) is 23.1. The van der Waals surface area contributed by atoms with E-state index >= 15 is 0 Å². The molecule has 0 unspecified atom stereocenters. The lowest BCUT2D eigenvalue weighted by molar-refractivity contribution is -0.133. The van der Waals surface area contributed by atoms with Crippen molar-refractivity contribution in [3.05, 3.63) is 47.9 Å². The van der Waals surface area contributed by atoms with Gasteiger partial charge < -0.3 is 18.8 Å². The minimum Gasteiger partial charge on any atom is -0.495 e. The van der Waals surface area contributed by atoms with E-state index in [0.29, 0.717) is 18.8 Å². The number of ether oxygens (including phenoxy) is 2. The number of likely N-dealkylation sites (N-methyl/N-ethyl adjacent to an activating group) is 1. The molecule has 9 nitrogen and oxygen atoms in total. The van der Waals surface area contributed by atoms with Gasteiger partial charge in [-0.25, -0.2) is 13.2 Å². The zero-order valence-corrected chi connectivity index (χ0v) is 19.1. The van der Waals surface area contributed by atoms with Crippen LogP contribution in [-0.2, 0) is 26.1 Å². The summed E-state index contributed by atoms with van der Waals surface area (Å²) in [6, 6.07) is 7.54. The van der Waals surface area contributed by atoms with Gasteiger partial charge in [-0.1, -0.05) is 12.8 Å². The Morgan fingerprint density at radius 1 is 1.12 bits per heavy atom. The molecular weight excluding hydrogens is 436 g/mol. The molecule has 0 saturated carbocycles. The Bertz CT molecular complexity index is 1030. The number of rotatable bonds is 8. The van der Waals surface area contributed by atoms with Gasteiger partial charge >= 0.3 is 5.97 Å². The summed E-state index contributed by atoms with van der Waals surface area (Å²) in [5.74, 6) is -0.453. The molecule has 174 valence electrons. The Kier molecular flexibility index (Phi) is 7.92. The van der Waals surface area contributed by atoms with Crippen LogP contribution < -0.4 is 4.74 Å². The van der Waals surface area contributed by atoms with E-state index in [1.807, 2.05) is 0 Å². The summed E-state index contributed by atoms with van der Waals surface area (Å²) in [4.78, 5) is 26.1. The molecule has 0 spiro atoms. The van der Waals surface area contributed by atoms with Crippen LogP contribution in [0.15, 0.2) is 45.9 Å². The number of sulfonamides is 1. The van der Waals surface area contributed by atoms with E-state index in [0.717, 1.165) is 25.7 Å². The van der Waals surface area contributed by atoms with Crippen molar-refractivity contribution in [3.63, 3.8) is 0 Å². The number of esters is 1. The molecule has 32 heavy (non-hydrogen) atoms. The molecule has 0 N–H and O–H groups in total. The Morgan fingerprint density at radius 2 is 1.84 bits per heavy atom. The molecule has 1 aliphatic heterocycles. The molecule has 1 aromatic carbocycles. The lowest BCUT2D eigenvalue weighted by atomic mass is 10.2. The molecule has 1 saturated heterocycles. The molecule has 2 heterocycles. The monoisotopic (exact) mass is 464 g/mol. The quantitative estimate of drug-likeness (QED) is 0.553. The highest BCUT2D eigenvalue weighted by molar-refractivity contribution is 7.89. The number of amides is 1. The molecule has 0 aliphatic carbocycles. The van der Waals surface area contributed by atoms with Crippen LogP contribution >= 0.6 is 0 Å². The Morgan fingerprint density at radius 3 is 2.47 bits per heavy atom. The topological polar surface area (TPSA) is 106 Å². The molecule has 2 aromatic rings. The summed E-state index contributed by atoms with van der Waals surface area (Å²) in [6.07, 6.45) is 5.05. The van der Waals surface area contributed by atoms with Gasteiger partial charge in [0.05, 0.1) is 25.5 Å². The van der Waals surface area contributed by atoms with Crippen molar-refractivity contribution in [2.75, 3.05) is 33.9 Å². The van der Waals surface area contributed by atoms with E-state index in [-0.39, 0.29) is 22.8 Å². The average molecular weight is 465 g/mol. The molecule has 1 aliphatic rings.